The maximum atomic E-state index is 12.2. The van der Waals surface area contributed by atoms with Crippen LogP contribution in [0.3, 0.4) is 0 Å². The molecule has 1 saturated heterocycles. The monoisotopic (exact) mass is 410 g/mol. The zero-order valence-electron chi connectivity index (χ0n) is 13.5. The second kappa shape index (κ2) is 7.69. The minimum atomic E-state index is -0.259. The van der Waals surface area contributed by atoms with E-state index in [0.29, 0.717) is 15.4 Å². The van der Waals surface area contributed by atoms with E-state index < -0.39 is 0 Å². The number of anilines is 1. The highest BCUT2D eigenvalue weighted by molar-refractivity contribution is 9.10. The fourth-order valence-corrected chi connectivity index (χ4v) is 3.82. The van der Waals surface area contributed by atoms with Crippen molar-refractivity contribution in [1.82, 2.24) is 14.9 Å². The number of carbonyl (C=O) groups is 1. The number of ether oxygens (including phenoxy) is 1. The molecule has 6 nitrogen and oxygen atoms in total. The van der Waals surface area contributed by atoms with Crippen LogP contribution in [0.5, 0.6) is 0 Å². The zero-order chi connectivity index (χ0) is 17.1. The van der Waals surface area contributed by atoms with Gasteiger partial charge >= 0.3 is 0 Å². The van der Waals surface area contributed by atoms with Gasteiger partial charge in [0.05, 0.1) is 17.9 Å². The number of rotatable bonds is 4. The normalized spacial score (nSPS) is 21.6. The van der Waals surface area contributed by atoms with Crippen LogP contribution in [0.4, 0.5) is 5.13 Å². The van der Waals surface area contributed by atoms with E-state index in [4.69, 9.17) is 4.74 Å². The summed E-state index contributed by atoms with van der Waals surface area (Å²) in [6, 6.07) is 5.23. The Morgan fingerprint density at radius 3 is 2.83 bits per heavy atom. The molecule has 0 spiro atoms. The fraction of sp³-hybridized carbons (Fsp3) is 0.438. The van der Waals surface area contributed by atoms with Crippen LogP contribution in [0.1, 0.15) is 30.0 Å². The van der Waals surface area contributed by atoms with E-state index in [0.717, 1.165) is 25.3 Å². The summed E-state index contributed by atoms with van der Waals surface area (Å²) in [6.45, 7) is 6.72. The number of nitrogens with one attached hydrogen (secondary N) is 1. The number of morpholine rings is 1. The summed E-state index contributed by atoms with van der Waals surface area (Å²) in [5.74, 6) is -0.259. The molecule has 0 aliphatic carbocycles. The molecule has 1 amide bonds. The topological polar surface area (TPSA) is 67.4 Å². The molecular formula is C16H19BrN4O2S. The van der Waals surface area contributed by atoms with Gasteiger partial charge in [0, 0.05) is 25.0 Å². The van der Waals surface area contributed by atoms with Crippen molar-refractivity contribution in [2.24, 2.45) is 0 Å². The molecule has 128 valence electrons. The largest absolute Gasteiger partial charge is 0.373 e. The SMILES string of the molecule is C[C@H]1CN(Cc2csc(NC(=O)c3cccc(Br)n3)n2)C[C@H](C)O1. The van der Waals surface area contributed by atoms with E-state index in [1.54, 1.807) is 18.2 Å². The standard InChI is InChI=1S/C16H19BrN4O2S/c1-10-6-21(7-11(2)23-10)8-12-9-24-16(18-12)20-15(22)13-4-3-5-14(17)19-13/h3-5,9-11H,6-8H2,1-2H3,(H,18,20,22)/t10-,11-/m0/s1. The molecule has 1 fully saturated rings. The number of pyridine rings is 1. The molecule has 1 aliphatic rings. The molecule has 0 saturated carbocycles. The molecule has 24 heavy (non-hydrogen) atoms. The molecule has 3 rings (SSSR count). The van der Waals surface area contributed by atoms with E-state index >= 15 is 0 Å². The Morgan fingerprint density at radius 1 is 1.38 bits per heavy atom. The van der Waals surface area contributed by atoms with Gasteiger partial charge in [0.25, 0.3) is 5.91 Å². The third-order valence-electron chi connectivity index (χ3n) is 3.60. The van der Waals surface area contributed by atoms with Gasteiger partial charge in [-0.1, -0.05) is 6.07 Å². The van der Waals surface area contributed by atoms with Gasteiger partial charge in [0.2, 0.25) is 0 Å². The Bertz CT molecular complexity index is 714. The van der Waals surface area contributed by atoms with Gasteiger partial charge in [-0.3, -0.25) is 15.0 Å². The van der Waals surface area contributed by atoms with Gasteiger partial charge in [-0.05, 0) is 41.9 Å². The fourth-order valence-electron chi connectivity index (χ4n) is 2.78. The highest BCUT2D eigenvalue weighted by Crippen LogP contribution is 2.20. The van der Waals surface area contributed by atoms with Crippen molar-refractivity contribution >= 4 is 38.3 Å². The summed E-state index contributed by atoms with van der Waals surface area (Å²) in [4.78, 5) is 23.2. The Morgan fingerprint density at radius 2 is 2.12 bits per heavy atom. The second-order valence-electron chi connectivity index (χ2n) is 5.90. The summed E-state index contributed by atoms with van der Waals surface area (Å²) in [5, 5.41) is 5.37. The molecule has 0 radical (unpaired) electrons. The van der Waals surface area contributed by atoms with E-state index in [9.17, 15) is 4.79 Å². The van der Waals surface area contributed by atoms with Crippen molar-refractivity contribution < 1.29 is 9.53 Å². The van der Waals surface area contributed by atoms with Crippen molar-refractivity contribution in [3.8, 4) is 0 Å². The first kappa shape index (κ1) is 17.5. The minimum absolute atomic E-state index is 0.231. The Labute approximate surface area is 153 Å². The number of aromatic nitrogens is 2. The summed E-state index contributed by atoms with van der Waals surface area (Å²) >= 11 is 4.69. The molecule has 0 bridgehead atoms. The molecule has 1 aliphatic heterocycles. The molecule has 8 heteroatoms. The maximum absolute atomic E-state index is 12.2. The highest BCUT2D eigenvalue weighted by Gasteiger charge is 2.22. The van der Waals surface area contributed by atoms with Crippen molar-refractivity contribution in [3.05, 3.63) is 39.6 Å². The van der Waals surface area contributed by atoms with Crippen LogP contribution in [0.2, 0.25) is 0 Å². The number of thiazole rings is 1. The first-order valence-corrected chi connectivity index (χ1v) is 9.43. The molecule has 0 unspecified atom stereocenters. The predicted molar refractivity (Wildman–Crippen MR) is 97.3 cm³/mol. The maximum Gasteiger partial charge on any atom is 0.276 e. The summed E-state index contributed by atoms with van der Waals surface area (Å²) in [7, 11) is 0. The number of carbonyl (C=O) groups excluding carboxylic acids is 1. The lowest BCUT2D eigenvalue weighted by Crippen LogP contribution is -2.44. The third kappa shape index (κ3) is 4.60. The number of nitrogens with zero attached hydrogens (tertiary/aromatic N) is 3. The van der Waals surface area contributed by atoms with Gasteiger partial charge in [0.1, 0.15) is 10.3 Å². The van der Waals surface area contributed by atoms with E-state index in [2.05, 4.69) is 50.0 Å². The zero-order valence-corrected chi connectivity index (χ0v) is 15.9. The number of amides is 1. The van der Waals surface area contributed by atoms with Crippen molar-refractivity contribution in [3.63, 3.8) is 0 Å². The lowest BCUT2D eigenvalue weighted by molar-refractivity contribution is -0.0707. The molecular weight excluding hydrogens is 392 g/mol. The van der Waals surface area contributed by atoms with E-state index in [-0.39, 0.29) is 18.1 Å². The average Bonchev–Trinajstić information content (AvgIpc) is 2.93. The van der Waals surface area contributed by atoms with E-state index in [1.165, 1.54) is 11.3 Å². The molecule has 0 aromatic carbocycles. The lowest BCUT2D eigenvalue weighted by atomic mass is 10.2. The van der Waals surface area contributed by atoms with Gasteiger partial charge < -0.3 is 4.74 Å². The van der Waals surface area contributed by atoms with Crippen LogP contribution in [-0.4, -0.2) is 46.1 Å². The Kier molecular flexibility index (Phi) is 5.60. The summed E-state index contributed by atoms with van der Waals surface area (Å²) < 4.78 is 6.37. The number of halogens is 1. The molecule has 3 heterocycles. The highest BCUT2D eigenvalue weighted by atomic mass is 79.9. The van der Waals surface area contributed by atoms with Gasteiger partial charge in [0.15, 0.2) is 5.13 Å². The van der Waals surface area contributed by atoms with Gasteiger partial charge in [-0.15, -0.1) is 11.3 Å². The molecule has 1 N–H and O–H groups in total. The lowest BCUT2D eigenvalue weighted by Gasteiger charge is -2.34. The smallest absolute Gasteiger partial charge is 0.276 e. The minimum Gasteiger partial charge on any atom is -0.373 e. The molecule has 2 atom stereocenters. The van der Waals surface area contributed by atoms with Crippen LogP contribution in [0.25, 0.3) is 0 Å². The second-order valence-corrected chi connectivity index (χ2v) is 7.57. The van der Waals surface area contributed by atoms with Crippen LogP contribution >= 0.6 is 27.3 Å². The van der Waals surface area contributed by atoms with Crippen LogP contribution in [0.15, 0.2) is 28.2 Å². The first-order chi connectivity index (χ1) is 11.5. The first-order valence-electron chi connectivity index (χ1n) is 7.75. The van der Waals surface area contributed by atoms with Crippen LogP contribution in [-0.2, 0) is 11.3 Å². The third-order valence-corrected chi connectivity index (χ3v) is 4.85. The van der Waals surface area contributed by atoms with E-state index in [1.807, 2.05) is 5.38 Å². The van der Waals surface area contributed by atoms with Gasteiger partial charge in [-0.25, -0.2) is 9.97 Å². The number of hydrogen-bond acceptors (Lipinski definition) is 6. The summed E-state index contributed by atoms with van der Waals surface area (Å²) in [5.41, 5.74) is 1.32. The summed E-state index contributed by atoms with van der Waals surface area (Å²) in [6.07, 6.45) is 0.461. The quantitative estimate of drug-likeness (QED) is 0.783. The number of hydrogen-bond donors (Lipinski definition) is 1. The predicted octanol–water partition coefficient (Wildman–Crippen LogP) is 3.16. The Balaban J connectivity index is 1.60. The van der Waals surface area contributed by atoms with Crippen molar-refractivity contribution in [2.45, 2.75) is 32.6 Å². The van der Waals surface area contributed by atoms with Crippen LogP contribution in [0, 0.1) is 0 Å². The Hall–Kier alpha value is -1.35. The molecule has 2 aromatic rings. The van der Waals surface area contributed by atoms with Crippen molar-refractivity contribution in [2.75, 3.05) is 18.4 Å². The van der Waals surface area contributed by atoms with Crippen molar-refractivity contribution in [1.29, 1.82) is 0 Å². The average molecular weight is 411 g/mol. The van der Waals surface area contributed by atoms with Gasteiger partial charge in [-0.2, -0.15) is 0 Å². The van der Waals surface area contributed by atoms with Crippen LogP contribution < -0.4 is 5.32 Å². The molecule has 2 aromatic heterocycles.